The normalized spacial score (nSPS) is 15.6. The second-order valence-corrected chi connectivity index (χ2v) is 11.5. The Morgan fingerprint density at radius 1 is 0.730 bits per heavy atom. The molecule has 1 aliphatic heterocycles. The molecule has 204 valence electrons. The molecule has 0 spiro atoms. The van der Waals surface area contributed by atoms with E-state index in [0.29, 0.717) is 0 Å². The summed E-state index contributed by atoms with van der Waals surface area (Å²) < 4.78 is 0. The lowest BCUT2D eigenvalue weighted by Gasteiger charge is -2.27. The lowest BCUT2D eigenvalue weighted by Crippen LogP contribution is -2.34. The lowest BCUT2D eigenvalue weighted by atomic mass is 9.83. The van der Waals surface area contributed by atoms with E-state index >= 15 is 0 Å². The number of anilines is 1. The molecule has 1 heterocycles. The molecule has 2 aromatic rings. The summed E-state index contributed by atoms with van der Waals surface area (Å²) in [5, 5.41) is 9.95. The van der Waals surface area contributed by atoms with Gasteiger partial charge in [0, 0.05) is 23.3 Å². The third-order valence-corrected chi connectivity index (χ3v) is 8.24. The maximum absolute atomic E-state index is 12.0. The molecule has 4 heteroatoms. The maximum atomic E-state index is 12.0. The summed E-state index contributed by atoms with van der Waals surface area (Å²) in [6, 6.07) is 8.36. The third kappa shape index (κ3) is 7.58. The van der Waals surface area contributed by atoms with Crippen molar-refractivity contribution >= 4 is 11.8 Å². The van der Waals surface area contributed by atoms with Crippen molar-refractivity contribution in [2.75, 3.05) is 11.4 Å². The van der Waals surface area contributed by atoms with Gasteiger partial charge in [-0.15, -0.1) is 0 Å². The SMILES string of the molecule is CCCCCCCCCCCCCCCCCCN1/C(=C/c2c(O)c(=O)c2=O)C(C)(C)c2ccccc21. The third-order valence-electron chi connectivity index (χ3n) is 8.24. The van der Waals surface area contributed by atoms with Gasteiger partial charge in [0.1, 0.15) is 0 Å². The highest BCUT2D eigenvalue weighted by molar-refractivity contribution is 5.77. The summed E-state index contributed by atoms with van der Waals surface area (Å²) in [6.07, 6.45) is 23.3. The second kappa shape index (κ2) is 14.5. The van der Waals surface area contributed by atoms with Gasteiger partial charge in [0.15, 0.2) is 5.75 Å². The minimum atomic E-state index is -0.774. The minimum Gasteiger partial charge on any atom is -0.504 e. The van der Waals surface area contributed by atoms with Gasteiger partial charge < -0.3 is 10.0 Å². The zero-order valence-corrected chi connectivity index (χ0v) is 23.6. The topological polar surface area (TPSA) is 57.6 Å². The highest BCUT2D eigenvalue weighted by Crippen LogP contribution is 2.48. The van der Waals surface area contributed by atoms with Crippen molar-refractivity contribution in [1.29, 1.82) is 0 Å². The highest BCUT2D eigenvalue weighted by Gasteiger charge is 2.40. The summed E-state index contributed by atoms with van der Waals surface area (Å²) in [6.45, 7) is 7.45. The van der Waals surface area contributed by atoms with Gasteiger partial charge in [-0.3, -0.25) is 9.59 Å². The number of para-hydroxylation sites is 1. The fraction of sp³-hybridized carbons (Fsp3) is 0.636. The molecule has 0 atom stereocenters. The molecule has 2 aromatic carbocycles. The van der Waals surface area contributed by atoms with Crippen LogP contribution < -0.4 is 15.8 Å². The van der Waals surface area contributed by atoms with Gasteiger partial charge in [0.2, 0.25) is 5.43 Å². The first-order valence-corrected chi connectivity index (χ1v) is 15.0. The number of fused-ring (bicyclic) bond motifs is 1. The molecule has 0 fully saturated rings. The molecule has 0 aromatic heterocycles. The standard InChI is InChI=1S/C33H49NO3/c1-4-5-6-7-8-9-10-11-12-13-14-15-16-17-18-21-24-34-28-23-20-19-22-27(28)33(2,3)29(34)25-26-30(35)32(37)31(26)36/h19-20,22-23,25,35H,4-18,21,24H2,1-3H3/b29-25+. The van der Waals surface area contributed by atoms with Crippen LogP contribution in [0.2, 0.25) is 0 Å². The van der Waals surface area contributed by atoms with Crippen molar-refractivity contribution in [1.82, 2.24) is 0 Å². The number of benzene rings is 1. The molecule has 0 saturated carbocycles. The Balaban J connectivity index is 1.36. The van der Waals surface area contributed by atoms with E-state index in [-0.39, 0.29) is 11.0 Å². The zero-order valence-electron chi connectivity index (χ0n) is 23.6. The Labute approximate surface area is 224 Å². The summed E-state index contributed by atoms with van der Waals surface area (Å²) in [5.41, 5.74) is 1.87. The van der Waals surface area contributed by atoms with Crippen LogP contribution in [0, 0.1) is 0 Å². The van der Waals surface area contributed by atoms with Gasteiger partial charge in [0.25, 0.3) is 5.43 Å². The largest absolute Gasteiger partial charge is 0.504 e. The smallest absolute Gasteiger partial charge is 0.268 e. The van der Waals surface area contributed by atoms with Gasteiger partial charge in [-0.1, -0.05) is 135 Å². The van der Waals surface area contributed by atoms with Crippen LogP contribution in [-0.2, 0) is 5.41 Å². The van der Waals surface area contributed by atoms with E-state index in [2.05, 4.69) is 37.8 Å². The fourth-order valence-electron chi connectivity index (χ4n) is 5.83. The van der Waals surface area contributed by atoms with Crippen LogP contribution in [0.15, 0.2) is 39.6 Å². The molecule has 0 radical (unpaired) electrons. The molecule has 0 amide bonds. The van der Waals surface area contributed by atoms with Crippen molar-refractivity contribution in [2.45, 2.75) is 129 Å². The Morgan fingerprint density at radius 3 is 1.73 bits per heavy atom. The average molecular weight is 508 g/mol. The number of nitrogens with zero attached hydrogens (tertiary/aromatic N) is 1. The number of aromatic hydroxyl groups is 1. The molecule has 4 nitrogen and oxygen atoms in total. The predicted octanol–water partition coefficient (Wildman–Crippen LogP) is 8.39. The Bertz CT molecular complexity index is 1070. The van der Waals surface area contributed by atoms with Crippen LogP contribution in [0.25, 0.3) is 6.08 Å². The van der Waals surface area contributed by atoms with Crippen molar-refractivity contribution in [3.8, 4) is 5.75 Å². The van der Waals surface area contributed by atoms with Gasteiger partial charge >= 0.3 is 0 Å². The number of hydrogen-bond acceptors (Lipinski definition) is 4. The van der Waals surface area contributed by atoms with E-state index in [1.807, 2.05) is 12.1 Å². The van der Waals surface area contributed by atoms with E-state index in [9.17, 15) is 14.7 Å². The van der Waals surface area contributed by atoms with Gasteiger partial charge in [-0.05, 0) is 24.1 Å². The van der Waals surface area contributed by atoms with E-state index < -0.39 is 16.6 Å². The summed E-state index contributed by atoms with van der Waals surface area (Å²) in [7, 11) is 0. The first kappa shape index (κ1) is 29.2. The number of allylic oxidation sites excluding steroid dienone is 1. The van der Waals surface area contributed by atoms with Crippen molar-refractivity contribution in [2.24, 2.45) is 0 Å². The molecule has 1 aliphatic rings. The highest BCUT2D eigenvalue weighted by atomic mass is 16.3. The van der Waals surface area contributed by atoms with E-state index in [1.54, 1.807) is 6.08 Å². The van der Waals surface area contributed by atoms with Crippen LogP contribution in [0.1, 0.15) is 135 Å². The van der Waals surface area contributed by atoms with E-state index in [4.69, 9.17) is 0 Å². The minimum absolute atomic E-state index is 0.151. The number of unbranched alkanes of at least 4 members (excludes halogenated alkanes) is 15. The second-order valence-electron chi connectivity index (χ2n) is 11.5. The summed E-state index contributed by atoms with van der Waals surface area (Å²) in [5.74, 6) is -0.397. The monoisotopic (exact) mass is 507 g/mol. The molecule has 0 unspecified atom stereocenters. The number of rotatable bonds is 18. The lowest BCUT2D eigenvalue weighted by molar-refractivity contribution is 0.461. The first-order valence-electron chi connectivity index (χ1n) is 15.0. The van der Waals surface area contributed by atoms with Crippen LogP contribution in [0.5, 0.6) is 5.75 Å². The van der Waals surface area contributed by atoms with Crippen LogP contribution in [-0.4, -0.2) is 11.7 Å². The Morgan fingerprint density at radius 2 is 1.22 bits per heavy atom. The predicted molar refractivity (Wildman–Crippen MR) is 157 cm³/mol. The number of hydrogen-bond donors (Lipinski definition) is 1. The van der Waals surface area contributed by atoms with Gasteiger partial charge in [-0.2, -0.15) is 0 Å². The first-order chi connectivity index (χ1) is 17.9. The van der Waals surface area contributed by atoms with E-state index in [0.717, 1.165) is 24.4 Å². The van der Waals surface area contributed by atoms with Crippen molar-refractivity contribution in [3.63, 3.8) is 0 Å². The van der Waals surface area contributed by atoms with Crippen LogP contribution in [0.3, 0.4) is 0 Å². The Kier molecular flexibility index (Phi) is 11.5. The summed E-state index contributed by atoms with van der Waals surface area (Å²) in [4.78, 5) is 25.9. The van der Waals surface area contributed by atoms with Gasteiger partial charge in [-0.25, -0.2) is 0 Å². The molecular weight excluding hydrogens is 458 g/mol. The quantitative estimate of drug-likeness (QED) is 0.163. The van der Waals surface area contributed by atoms with Crippen molar-refractivity contribution in [3.05, 3.63) is 61.5 Å². The van der Waals surface area contributed by atoms with Crippen LogP contribution in [0.4, 0.5) is 5.69 Å². The molecule has 0 bridgehead atoms. The molecule has 0 saturated heterocycles. The van der Waals surface area contributed by atoms with Gasteiger partial charge in [0.05, 0.1) is 5.56 Å². The molecule has 37 heavy (non-hydrogen) atoms. The maximum Gasteiger partial charge on any atom is 0.268 e. The van der Waals surface area contributed by atoms with E-state index in [1.165, 1.54) is 102 Å². The van der Waals surface area contributed by atoms with Crippen LogP contribution >= 0.6 is 0 Å². The molecule has 0 aliphatic carbocycles. The average Bonchev–Trinajstić information content (AvgIpc) is 3.12. The molecular formula is C33H49NO3. The van der Waals surface area contributed by atoms with Crippen molar-refractivity contribution < 1.29 is 5.11 Å². The molecule has 3 rings (SSSR count). The Hall–Kier alpha value is -2.36. The summed E-state index contributed by atoms with van der Waals surface area (Å²) >= 11 is 0. The fourth-order valence-corrected chi connectivity index (χ4v) is 5.83. The molecule has 1 N–H and O–H groups in total. The zero-order chi connectivity index (χ0) is 26.7.